The normalized spacial score (nSPS) is 13.9. The maximum atomic E-state index is 12.5. The molecule has 0 spiro atoms. The first kappa shape index (κ1) is 17.8. The van der Waals surface area contributed by atoms with Crippen molar-refractivity contribution in [1.82, 2.24) is 5.43 Å². The summed E-state index contributed by atoms with van der Waals surface area (Å²) >= 11 is 1.20. The number of hydrogen-bond donors (Lipinski definition) is 3. The number of furan rings is 1. The summed E-state index contributed by atoms with van der Waals surface area (Å²) in [5.74, 6) is 0.494. The van der Waals surface area contributed by atoms with E-state index in [9.17, 15) is 15.0 Å². The standard InChI is InChI=1S/C22H18N2O4S/c25-15-9-10-17-19(12-5-1-3-7-16(12)28-17)14(15)11-23-24-22(27)21-20(26)13-6-2-4-8-18(13)29-21/h2,4,6,8-11,25-26H,1,3,5,7H2,(H,24,27)/b23-11-. The summed E-state index contributed by atoms with van der Waals surface area (Å²) in [6.07, 6.45) is 5.40. The second-order valence-electron chi connectivity index (χ2n) is 7.06. The van der Waals surface area contributed by atoms with Gasteiger partial charge in [0.2, 0.25) is 0 Å². The van der Waals surface area contributed by atoms with Gasteiger partial charge in [-0.15, -0.1) is 11.3 Å². The number of rotatable bonds is 3. The smallest absolute Gasteiger partial charge is 0.285 e. The van der Waals surface area contributed by atoms with E-state index in [1.807, 2.05) is 18.2 Å². The number of phenolic OH excluding ortho intramolecular Hbond substituents is 1. The Kier molecular flexibility index (Phi) is 4.24. The van der Waals surface area contributed by atoms with Crippen molar-refractivity contribution in [3.63, 3.8) is 0 Å². The third kappa shape index (κ3) is 2.94. The third-order valence-electron chi connectivity index (χ3n) is 5.27. The number of phenols is 1. The lowest BCUT2D eigenvalue weighted by Crippen LogP contribution is -2.16. The van der Waals surface area contributed by atoms with Crippen LogP contribution in [0.1, 0.15) is 39.4 Å². The van der Waals surface area contributed by atoms with E-state index < -0.39 is 5.91 Å². The Hall–Kier alpha value is -3.32. The summed E-state index contributed by atoms with van der Waals surface area (Å²) in [6.45, 7) is 0. The van der Waals surface area contributed by atoms with Gasteiger partial charge in [0.15, 0.2) is 0 Å². The lowest BCUT2D eigenvalue weighted by atomic mass is 9.94. The highest BCUT2D eigenvalue weighted by molar-refractivity contribution is 7.21. The fraction of sp³-hybridized carbons (Fsp3) is 0.182. The second-order valence-corrected chi connectivity index (χ2v) is 8.11. The Morgan fingerprint density at radius 3 is 2.83 bits per heavy atom. The first-order chi connectivity index (χ1) is 14.1. The van der Waals surface area contributed by atoms with Gasteiger partial charge in [0.25, 0.3) is 5.91 Å². The Bertz CT molecular complexity index is 1290. The molecular formula is C22H18N2O4S. The lowest BCUT2D eigenvalue weighted by molar-refractivity contribution is 0.0957. The fourth-order valence-corrected chi connectivity index (χ4v) is 4.88. The van der Waals surface area contributed by atoms with Crippen molar-refractivity contribution in [1.29, 1.82) is 0 Å². The Labute approximate surface area is 170 Å². The predicted octanol–water partition coefficient (Wildman–Crippen LogP) is 4.70. The summed E-state index contributed by atoms with van der Waals surface area (Å²) in [5.41, 5.74) is 4.80. The summed E-state index contributed by atoms with van der Waals surface area (Å²) in [4.78, 5) is 12.7. The fourth-order valence-electron chi connectivity index (χ4n) is 3.89. The molecule has 29 heavy (non-hydrogen) atoms. The van der Waals surface area contributed by atoms with Crippen LogP contribution in [-0.4, -0.2) is 22.3 Å². The summed E-state index contributed by atoms with van der Waals surface area (Å²) < 4.78 is 6.77. The van der Waals surface area contributed by atoms with Gasteiger partial charge in [-0.25, -0.2) is 5.43 Å². The molecule has 0 radical (unpaired) electrons. The second kappa shape index (κ2) is 6.93. The number of carbonyl (C=O) groups is 1. The van der Waals surface area contributed by atoms with Gasteiger partial charge in [-0.05, 0) is 43.5 Å². The van der Waals surface area contributed by atoms with E-state index in [0.717, 1.165) is 47.1 Å². The maximum absolute atomic E-state index is 12.5. The van der Waals surface area contributed by atoms with E-state index in [2.05, 4.69) is 10.5 Å². The number of aryl methyl sites for hydroxylation is 2. The number of hydrazone groups is 1. The van der Waals surface area contributed by atoms with E-state index in [1.54, 1.807) is 18.2 Å². The first-order valence-corrected chi connectivity index (χ1v) is 10.2. The van der Waals surface area contributed by atoms with E-state index >= 15 is 0 Å². The number of benzene rings is 2. The summed E-state index contributed by atoms with van der Waals surface area (Å²) in [6, 6.07) is 10.6. The zero-order valence-electron chi connectivity index (χ0n) is 15.4. The third-order valence-corrected chi connectivity index (χ3v) is 6.43. The van der Waals surface area contributed by atoms with Crippen molar-refractivity contribution in [3.05, 3.63) is 58.2 Å². The van der Waals surface area contributed by atoms with Crippen molar-refractivity contribution >= 4 is 44.5 Å². The molecule has 0 atom stereocenters. The highest BCUT2D eigenvalue weighted by Gasteiger charge is 2.21. The molecule has 6 nitrogen and oxygen atoms in total. The number of fused-ring (bicyclic) bond motifs is 4. The van der Waals surface area contributed by atoms with Crippen molar-refractivity contribution < 1.29 is 19.4 Å². The number of amides is 1. The molecule has 2 aromatic heterocycles. The van der Waals surface area contributed by atoms with Gasteiger partial charge in [-0.1, -0.05) is 12.1 Å². The van der Waals surface area contributed by atoms with E-state index in [-0.39, 0.29) is 16.4 Å². The molecule has 2 aromatic carbocycles. The number of nitrogens with one attached hydrogen (secondary N) is 1. The number of thiophene rings is 1. The van der Waals surface area contributed by atoms with Gasteiger partial charge < -0.3 is 14.6 Å². The zero-order valence-corrected chi connectivity index (χ0v) is 16.3. The van der Waals surface area contributed by atoms with Crippen molar-refractivity contribution in [2.24, 2.45) is 5.10 Å². The zero-order chi connectivity index (χ0) is 20.0. The topological polar surface area (TPSA) is 95.1 Å². The van der Waals surface area contributed by atoms with Crippen LogP contribution < -0.4 is 5.43 Å². The van der Waals surface area contributed by atoms with Gasteiger partial charge in [-0.3, -0.25) is 4.79 Å². The molecule has 3 N–H and O–H groups in total. The van der Waals surface area contributed by atoms with Gasteiger partial charge in [0, 0.05) is 33.0 Å². The van der Waals surface area contributed by atoms with Crippen LogP contribution in [0.15, 0.2) is 45.9 Å². The van der Waals surface area contributed by atoms with Crippen molar-refractivity contribution in [3.8, 4) is 11.5 Å². The van der Waals surface area contributed by atoms with Crippen LogP contribution in [0.25, 0.3) is 21.1 Å². The molecule has 5 rings (SSSR count). The van der Waals surface area contributed by atoms with E-state index in [4.69, 9.17) is 4.42 Å². The molecule has 2 heterocycles. The highest BCUT2D eigenvalue weighted by Crippen LogP contribution is 2.37. The van der Waals surface area contributed by atoms with Crippen LogP contribution in [0.3, 0.4) is 0 Å². The highest BCUT2D eigenvalue weighted by atomic mass is 32.1. The minimum absolute atomic E-state index is 0.0489. The molecule has 1 amide bonds. The van der Waals surface area contributed by atoms with Crippen LogP contribution in [0.4, 0.5) is 0 Å². The SMILES string of the molecule is O=C(N/N=C\c1c(O)ccc2oc3c(c12)CCCC3)c1sc2ccccc2c1O. The molecule has 0 saturated heterocycles. The Morgan fingerprint density at radius 2 is 1.97 bits per heavy atom. The molecule has 0 bridgehead atoms. The number of nitrogens with zero attached hydrogens (tertiary/aromatic N) is 1. The average molecular weight is 406 g/mol. The number of aromatic hydroxyl groups is 2. The monoisotopic (exact) mass is 406 g/mol. The molecule has 4 aromatic rings. The van der Waals surface area contributed by atoms with Crippen molar-refractivity contribution in [2.75, 3.05) is 0 Å². The molecule has 1 aliphatic rings. The van der Waals surface area contributed by atoms with Crippen LogP contribution in [0.2, 0.25) is 0 Å². The molecular weight excluding hydrogens is 388 g/mol. The molecule has 0 fully saturated rings. The van der Waals surface area contributed by atoms with Crippen molar-refractivity contribution in [2.45, 2.75) is 25.7 Å². The minimum atomic E-state index is -0.499. The lowest BCUT2D eigenvalue weighted by Gasteiger charge is -2.09. The molecule has 1 aliphatic carbocycles. The maximum Gasteiger partial charge on any atom is 0.285 e. The molecule has 7 heteroatoms. The molecule has 0 saturated carbocycles. The van der Waals surface area contributed by atoms with Crippen LogP contribution in [-0.2, 0) is 12.8 Å². The largest absolute Gasteiger partial charge is 0.507 e. The van der Waals surface area contributed by atoms with Gasteiger partial charge in [-0.2, -0.15) is 5.10 Å². The van der Waals surface area contributed by atoms with Crippen LogP contribution >= 0.6 is 11.3 Å². The molecule has 0 unspecified atom stereocenters. The number of carbonyl (C=O) groups excluding carboxylic acids is 1. The molecule has 146 valence electrons. The summed E-state index contributed by atoms with van der Waals surface area (Å²) in [5, 5.41) is 26.2. The predicted molar refractivity (Wildman–Crippen MR) is 113 cm³/mol. The molecule has 0 aliphatic heterocycles. The quantitative estimate of drug-likeness (QED) is 0.339. The van der Waals surface area contributed by atoms with Crippen LogP contribution in [0.5, 0.6) is 11.5 Å². The van der Waals surface area contributed by atoms with E-state index in [1.165, 1.54) is 17.6 Å². The van der Waals surface area contributed by atoms with Gasteiger partial charge in [0.05, 0.1) is 6.21 Å². The Balaban J connectivity index is 1.46. The Morgan fingerprint density at radius 1 is 1.14 bits per heavy atom. The van der Waals surface area contributed by atoms with E-state index in [0.29, 0.717) is 16.5 Å². The van der Waals surface area contributed by atoms with Gasteiger partial charge >= 0.3 is 0 Å². The number of hydrogen-bond acceptors (Lipinski definition) is 6. The minimum Gasteiger partial charge on any atom is -0.507 e. The average Bonchev–Trinajstić information content (AvgIpc) is 3.28. The first-order valence-electron chi connectivity index (χ1n) is 9.43. The summed E-state index contributed by atoms with van der Waals surface area (Å²) in [7, 11) is 0. The van der Waals surface area contributed by atoms with Gasteiger partial charge in [0.1, 0.15) is 27.7 Å². The van der Waals surface area contributed by atoms with Crippen LogP contribution in [0, 0.1) is 0 Å².